The maximum absolute atomic E-state index is 10.9. The summed E-state index contributed by atoms with van der Waals surface area (Å²) in [5.74, 6) is 0.159. The van der Waals surface area contributed by atoms with Gasteiger partial charge in [-0.3, -0.25) is 10.1 Å². The number of rotatable bonds is 3. The van der Waals surface area contributed by atoms with Crippen molar-refractivity contribution in [2.75, 3.05) is 11.9 Å². The van der Waals surface area contributed by atoms with E-state index in [0.29, 0.717) is 0 Å². The number of nitrogens with zero attached hydrogens (tertiary/aromatic N) is 4. The van der Waals surface area contributed by atoms with E-state index in [2.05, 4.69) is 9.97 Å². The van der Waals surface area contributed by atoms with E-state index in [-0.39, 0.29) is 16.8 Å². The second-order valence-electron chi connectivity index (χ2n) is 3.50. The summed E-state index contributed by atoms with van der Waals surface area (Å²) in [5, 5.41) is 10.9. The highest BCUT2D eigenvalue weighted by molar-refractivity contribution is 6.28. The van der Waals surface area contributed by atoms with E-state index in [4.69, 9.17) is 11.6 Å². The van der Waals surface area contributed by atoms with E-state index in [0.717, 1.165) is 11.9 Å². The van der Waals surface area contributed by atoms with Gasteiger partial charge >= 0.3 is 5.69 Å². The maximum Gasteiger partial charge on any atom is 0.330 e. The van der Waals surface area contributed by atoms with Crippen LogP contribution in [0.25, 0.3) is 0 Å². The first kappa shape index (κ1) is 12.3. The number of hydrogen-bond donors (Lipinski definition) is 0. The molecule has 92 valence electrons. The number of nitro groups is 1. The summed E-state index contributed by atoms with van der Waals surface area (Å²) in [4.78, 5) is 19.5. The van der Waals surface area contributed by atoms with E-state index >= 15 is 0 Å². The van der Waals surface area contributed by atoms with Crippen LogP contribution in [0.2, 0.25) is 5.28 Å². The Kier molecular flexibility index (Phi) is 3.38. The van der Waals surface area contributed by atoms with Gasteiger partial charge < -0.3 is 4.90 Å². The second kappa shape index (κ2) is 4.97. The van der Waals surface area contributed by atoms with Crippen molar-refractivity contribution in [3.63, 3.8) is 0 Å². The molecule has 6 nitrogen and oxygen atoms in total. The fourth-order valence-electron chi connectivity index (χ4n) is 1.50. The Bertz CT molecular complexity index is 577. The quantitative estimate of drug-likeness (QED) is 0.484. The lowest BCUT2D eigenvalue weighted by molar-refractivity contribution is -0.384. The largest absolute Gasteiger partial charge is 0.330 e. The van der Waals surface area contributed by atoms with Gasteiger partial charge in [-0.05, 0) is 23.7 Å². The molecule has 7 heteroatoms. The number of aromatic nitrogens is 2. The standard InChI is InChI=1S/C11H9ClN4O2/c1-15(8-5-3-2-4-6-8)10-9(16(17)18)7-13-11(12)14-10/h2-7H,1H3. The Morgan fingerprint density at radius 1 is 1.33 bits per heavy atom. The topological polar surface area (TPSA) is 72.2 Å². The third-order valence-corrected chi connectivity index (χ3v) is 2.56. The molecule has 1 heterocycles. The van der Waals surface area contributed by atoms with Gasteiger partial charge in [0.1, 0.15) is 6.20 Å². The van der Waals surface area contributed by atoms with E-state index in [1.165, 1.54) is 0 Å². The smallest absolute Gasteiger partial charge is 0.324 e. The van der Waals surface area contributed by atoms with E-state index in [1.807, 2.05) is 30.3 Å². The highest BCUT2D eigenvalue weighted by Crippen LogP contribution is 2.30. The molecule has 0 aliphatic rings. The van der Waals surface area contributed by atoms with Crippen LogP contribution in [0.4, 0.5) is 17.2 Å². The minimum Gasteiger partial charge on any atom is -0.324 e. The van der Waals surface area contributed by atoms with Gasteiger partial charge in [-0.25, -0.2) is 4.98 Å². The van der Waals surface area contributed by atoms with Crippen molar-refractivity contribution in [1.82, 2.24) is 9.97 Å². The van der Waals surface area contributed by atoms with Gasteiger partial charge in [0.15, 0.2) is 0 Å². The molecule has 0 aliphatic heterocycles. The number of anilines is 2. The first-order valence-electron chi connectivity index (χ1n) is 5.05. The second-order valence-corrected chi connectivity index (χ2v) is 3.84. The Balaban J connectivity index is 2.50. The first-order chi connectivity index (χ1) is 8.59. The highest BCUT2D eigenvalue weighted by Gasteiger charge is 2.21. The van der Waals surface area contributed by atoms with E-state index < -0.39 is 4.92 Å². The van der Waals surface area contributed by atoms with Crippen LogP contribution in [0, 0.1) is 10.1 Å². The van der Waals surface area contributed by atoms with Gasteiger partial charge in [0, 0.05) is 12.7 Å². The molecule has 0 amide bonds. The van der Waals surface area contributed by atoms with Crippen LogP contribution in [0.15, 0.2) is 36.5 Å². The van der Waals surface area contributed by atoms with Crippen LogP contribution in [-0.4, -0.2) is 21.9 Å². The van der Waals surface area contributed by atoms with Crippen molar-refractivity contribution >= 4 is 28.8 Å². The Morgan fingerprint density at radius 3 is 2.61 bits per heavy atom. The zero-order chi connectivity index (χ0) is 13.1. The lowest BCUT2D eigenvalue weighted by atomic mass is 10.3. The average molecular weight is 265 g/mol. The van der Waals surface area contributed by atoms with Crippen molar-refractivity contribution < 1.29 is 4.92 Å². The molecule has 0 spiro atoms. The molecule has 1 aromatic heterocycles. The van der Waals surface area contributed by atoms with Crippen LogP contribution in [0.1, 0.15) is 0 Å². The Hall–Kier alpha value is -2.21. The van der Waals surface area contributed by atoms with Gasteiger partial charge in [-0.2, -0.15) is 4.98 Å². The van der Waals surface area contributed by atoms with Crippen LogP contribution in [-0.2, 0) is 0 Å². The van der Waals surface area contributed by atoms with Gasteiger partial charge in [0.25, 0.3) is 0 Å². The van der Waals surface area contributed by atoms with Gasteiger partial charge in [-0.15, -0.1) is 0 Å². The van der Waals surface area contributed by atoms with Crippen LogP contribution in [0.3, 0.4) is 0 Å². The zero-order valence-corrected chi connectivity index (χ0v) is 10.2. The monoisotopic (exact) mass is 264 g/mol. The summed E-state index contributed by atoms with van der Waals surface area (Å²) in [5.41, 5.74) is 0.584. The lowest BCUT2D eigenvalue weighted by Crippen LogP contribution is -2.13. The predicted octanol–water partition coefficient (Wildman–Crippen LogP) is 2.81. The molecule has 1 aromatic carbocycles. The van der Waals surface area contributed by atoms with Gasteiger partial charge in [0.05, 0.1) is 4.92 Å². The molecule has 2 aromatic rings. The van der Waals surface area contributed by atoms with Crippen molar-refractivity contribution in [2.45, 2.75) is 0 Å². The van der Waals surface area contributed by atoms with Crippen LogP contribution in [0.5, 0.6) is 0 Å². The van der Waals surface area contributed by atoms with Crippen molar-refractivity contribution in [3.8, 4) is 0 Å². The molecule has 2 rings (SSSR count). The summed E-state index contributed by atoms with van der Waals surface area (Å²) in [6.45, 7) is 0. The SMILES string of the molecule is CN(c1ccccc1)c1nc(Cl)ncc1[N+](=O)[O-]. The molecule has 18 heavy (non-hydrogen) atoms. The molecule has 0 radical (unpaired) electrons. The fraction of sp³-hybridized carbons (Fsp3) is 0.0909. The number of benzene rings is 1. The normalized spacial score (nSPS) is 10.1. The van der Waals surface area contributed by atoms with Crippen LogP contribution >= 0.6 is 11.6 Å². The third kappa shape index (κ3) is 2.38. The molecular formula is C11H9ClN4O2. The molecule has 0 saturated heterocycles. The first-order valence-corrected chi connectivity index (χ1v) is 5.43. The van der Waals surface area contributed by atoms with Gasteiger partial charge in [-0.1, -0.05) is 18.2 Å². The average Bonchev–Trinajstić information content (AvgIpc) is 2.38. The minimum absolute atomic E-state index is 0.0293. The van der Waals surface area contributed by atoms with Crippen molar-refractivity contribution in [1.29, 1.82) is 0 Å². The lowest BCUT2D eigenvalue weighted by Gasteiger charge is -2.17. The number of para-hydroxylation sites is 1. The summed E-state index contributed by atoms with van der Waals surface area (Å²) in [6.07, 6.45) is 1.10. The summed E-state index contributed by atoms with van der Waals surface area (Å²) >= 11 is 5.68. The highest BCUT2D eigenvalue weighted by atomic mass is 35.5. The Labute approximate surface area is 108 Å². The van der Waals surface area contributed by atoms with Crippen molar-refractivity contribution in [2.24, 2.45) is 0 Å². The maximum atomic E-state index is 10.9. The third-order valence-electron chi connectivity index (χ3n) is 2.38. The molecule has 0 bridgehead atoms. The van der Waals surface area contributed by atoms with Gasteiger partial charge in [0.2, 0.25) is 11.1 Å². The predicted molar refractivity (Wildman–Crippen MR) is 68.2 cm³/mol. The molecule has 0 N–H and O–H groups in total. The summed E-state index contributed by atoms with van der Waals surface area (Å²) < 4.78 is 0. The summed E-state index contributed by atoms with van der Waals surface area (Å²) in [7, 11) is 1.68. The van der Waals surface area contributed by atoms with Crippen molar-refractivity contribution in [3.05, 3.63) is 51.9 Å². The Morgan fingerprint density at radius 2 is 2.00 bits per heavy atom. The van der Waals surface area contributed by atoms with E-state index in [9.17, 15) is 10.1 Å². The minimum atomic E-state index is -0.537. The summed E-state index contributed by atoms with van der Waals surface area (Å²) in [6, 6.07) is 9.17. The molecular weight excluding hydrogens is 256 g/mol. The van der Waals surface area contributed by atoms with E-state index in [1.54, 1.807) is 11.9 Å². The number of halogens is 1. The fourth-order valence-corrected chi connectivity index (χ4v) is 1.62. The number of hydrogen-bond acceptors (Lipinski definition) is 5. The molecule has 0 unspecified atom stereocenters. The molecule has 0 atom stereocenters. The molecule has 0 aliphatic carbocycles. The zero-order valence-electron chi connectivity index (χ0n) is 9.45. The molecule has 0 saturated carbocycles. The van der Waals surface area contributed by atoms with Crippen LogP contribution < -0.4 is 4.90 Å². The molecule has 0 fully saturated rings.